The minimum Gasteiger partial charge on any atom is -0.345 e. The number of hydrogen-bond donors (Lipinski definition) is 1. The van der Waals surface area contributed by atoms with Crippen molar-refractivity contribution in [1.29, 1.82) is 0 Å². The first-order chi connectivity index (χ1) is 7.22. The van der Waals surface area contributed by atoms with Gasteiger partial charge in [0.2, 0.25) is 0 Å². The van der Waals surface area contributed by atoms with Crippen LogP contribution >= 0.6 is 0 Å². The fourth-order valence-electron chi connectivity index (χ4n) is 1.36. The lowest BCUT2D eigenvalue weighted by Crippen LogP contribution is -2.26. The first-order valence-electron chi connectivity index (χ1n) is 4.75. The van der Waals surface area contributed by atoms with Gasteiger partial charge in [-0.25, -0.2) is 9.37 Å². The van der Waals surface area contributed by atoms with Gasteiger partial charge in [-0.3, -0.25) is 0 Å². The summed E-state index contributed by atoms with van der Waals surface area (Å²) in [5.41, 5.74) is 6.20. The number of anilines is 1. The highest BCUT2D eigenvalue weighted by atomic mass is 19.1. The average molecular weight is 207 g/mol. The highest BCUT2D eigenvalue weighted by Gasteiger charge is 2.10. The topological polar surface area (TPSA) is 42.2 Å². The van der Waals surface area contributed by atoms with Gasteiger partial charge in [0, 0.05) is 18.7 Å². The predicted molar refractivity (Wildman–Crippen MR) is 58.8 cm³/mol. The Morgan fingerprint density at radius 1 is 1.67 bits per heavy atom. The molecule has 0 saturated heterocycles. The van der Waals surface area contributed by atoms with E-state index in [1.165, 1.54) is 12.3 Å². The van der Waals surface area contributed by atoms with Crippen LogP contribution in [0.3, 0.4) is 0 Å². The van der Waals surface area contributed by atoms with Crippen molar-refractivity contribution >= 4 is 5.82 Å². The van der Waals surface area contributed by atoms with E-state index in [2.05, 4.69) is 10.9 Å². The Balaban J connectivity index is 3.06. The quantitative estimate of drug-likeness (QED) is 0.753. The van der Waals surface area contributed by atoms with Gasteiger partial charge >= 0.3 is 0 Å². The number of pyridine rings is 1. The van der Waals surface area contributed by atoms with Crippen molar-refractivity contribution in [2.24, 2.45) is 5.73 Å². The molecule has 1 aromatic rings. The van der Waals surface area contributed by atoms with E-state index in [-0.39, 0.29) is 12.4 Å². The van der Waals surface area contributed by atoms with Gasteiger partial charge in [-0.15, -0.1) is 6.42 Å². The van der Waals surface area contributed by atoms with Crippen molar-refractivity contribution in [3.05, 3.63) is 23.6 Å². The van der Waals surface area contributed by atoms with E-state index in [1.54, 1.807) is 0 Å². The van der Waals surface area contributed by atoms with E-state index >= 15 is 0 Å². The summed E-state index contributed by atoms with van der Waals surface area (Å²) < 4.78 is 12.9. The molecule has 2 N–H and O–H groups in total. The van der Waals surface area contributed by atoms with Crippen LogP contribution in [0.25, 0.3) is 0 Å². The maximum absolute atomic E-state index is 12.9. The van der Waals surface area contributed by atoms with Crippen LogP contribution in [0.4, 0.5) is 10.2 Å². The number of nitrogens with two attached hydrogens (primary N) is 1. The van der Waals surface area contributed by atoms with Crippen molar-refractivity contribution in [2.75, 3.05) is 18.0 Å². The zero-order valence-corrected chi connectivity index (χ0v) is 8.70. The first-order valence-corrected chi connectivity index (χ1v) is 4.75. The smallest absolute Gasteiger partial charge is 0.141 e. The molecule has 80 valence electrons. The number of nitrogens with zero attached hydrogens (tertiary/aromatic N) is 2. The Hall–Kier alpha value is -1.60. The van der Waals surface area contributed by atoms with Crippen molar-refractivity contribution in [3.8, 4) is 12.3 Å². The van der Waals surface area contributed by atoms with E-state index in [9.17, 15) is 4.39 Å². The molecular formula is C11H14FN3. The van der Waals surface area contributed by atoms with Gasteiger partial charge in [0.15, 0.2) is 0 Å². The number of terminal acetylenes is 1. The second kappa shape index (κ2) is 5.32. The van der Waals surface area contributed by atoms with E-state index in [0.29, 0.717) is 17.9 Å². The summed E-state index contributed by atoms with van der Waals surface area (Å²) in [5, 5.41) is 0. The van der Waals surface area contributed by atoms with Gasteiger partial charge in [0.25, 0.3) is 0 Å². The molecular weight excluding hydrogens is 193 g/mol. The Labute approximate surface area is 89.1 Å². The molecule has 3 nitrogen and oxygen atoms in total. The molecule has 0 spiro atoms. The van der Waals surface area contributed by atoms with E-state index in [1.807, 2.05) is 11.8 Å². The largest absolute Gasteiger partial charge is 0.345 e. The summed E-state index contributed by atoms with van der Waals surface area (Å²) in [7, 11) is 0. The number of aromatic nitrogens is 1. The highest BCUT2D eigenvalue weighted by molar-refractivity contribution is 5.47. The lowest BCUT2D eigenvalue weighted by Gasteiger charge is -2.21. The summed E-state index contributed by atoms with van der Waals surface area (Å²) >= 11 is 0. The highest BCUT2D eigenvalue weighted by Crippen LogP contribution is 2.17. The summed E-state index contributed by atoms with van der Waals surface area (Å²) in [6.07, 6.45) is 6.41. The maximum Gasteiger partial charge on any atom is 0.141 e. The zero-order valence-electron chi connectivity index (χ0n) is 8.70. The van der Waals surface area contributed by atoms with Crippen LogP contribution in [0.15, 0.2) is 12.3 Å². The molecule has 0 aliphatic rings. The molecule has 0 fully saturated rings. The standard InChI is InChI=1S/C11H14FN3/c1-3-5-15(4-2)11-9(7-13)6-10(12)8-14-11/h1,6,8H,4-5,7,13H2,2H3. The third-order valence-electron chi connectivity index (χ3n) is 2.09. The summed E-state index contributed by atoms with van der Waals surface area (Å²) in [6, 6.07) is 1.39. The van der Waals surface area contributed by atoms with Gasteiger partial charge in [0.05, 0.1) is 12.7 Å². The van der Waals surface area contributed by atoms with Crippen molar-refractivity contribution < 1.29 is 4.39 Å². The lowest BCUT2D eigenvalue weighted by atomic mass is 10.2. The molecule has 0 aliphatic heterocycles. The van der Waals surface area contributed by atoms with Crippen LogP contribution in [0.2, 0.25) is 0 Å². The normalized spacial score (nSPS) is 9.73. The van der Waals surface area contributed by atoms with E-state index in [4.69, 9.17) is 12.2 Å². The fraction of sp³-hybridized carbons (Fsp3) is 0.364. The predicted octanol–water partition coefficient (Wildman–Crippen LogP) is 1.14. The van der Waals surface area contributed by atoms with Crippen LogP contribution in [0.1, 0.15) is 12.5 Å². The summed E-state index contributed by atoms with van der Waals surface area (Å²) in [5.74, 6) is 2.82. The molecule has 0 amide bonds. The molecule has 0 atom stereocenters. The second-order valence-electron chi connectivity index (χ2n) is 3.06. The van der Waals surface area contributed by atoms with Gasteiger partial charge in [-0.2, -0.15) is 0 Å². The average Bonchev–Trinajstić information content (AvgIpc) is 2.26. The molecule has 0 aromatic carbocycles. The molecule has 1 aromatic heterocycles. The molecule has 0 unspecified atom stereocenters. The van der Waals surface area contributed by atoms with Crippen molar-refractivity contribution in [2.45, 2.75) is 13.5 Å². The van der Waals surface area contributed by atoms with Crippen molar-refractivity contribution in [3.63, 3.8) is 0 Å². The molecule has 0 radical (unpaired) electrons. The first kappa shape index (κ1) is 11.5. The molecule has 4 heteroatoms. The van der Waals surface area contributed by atoms with E-state index in [0.717, 1.165) is 6.54 Å². The minimum atomic E-state index is -0.379. The molecule has 0 saturated carbocycles. The molecule has 1 rings (SSSR count). The Morgan fingerprint density at radius 2 is 2.40 bits per heavy atom. The number of halogens is 1. The third kappa shape index (κ3) is 2.67. The van der Waals surface area contributed by atoms with Gasteiger partial charge in [0.1, 0.15) is 11.6 Å². The fourth-order valence-corrected chi connectivity index (χ4v) is 1.36. The Bertz CT molecular complexity index is 371. The van der Waals surface area contributed by atoms with Crippen LogP contribution in [0, 0.1) is 18.2 Å². The van der Waals surface area contributed by atoms with Crippen molar-refractivity contribution in [1.82, 2.24) is 4.98 Å². The Morgan fingerprint density at radius 3 is 2.93 bits per heavy atom. The Kier molecular flexibility index (Phi) is 4.07. The maximum atomic E-state index is 12.9. The SMILES string of the molecule is C#CCN(CC)c1ncc(F)cc1CN. The molecule has 0 bridgehead atoms. The summed E-state index contributed by atoms with van der Waals surface area (Å²) in [4.78, 5) is 5.89. The minimum absolute atomic E-state index is 0.251. The molecule has 1 heterocycles. The van der Waals surface area contributed by atoms with Crippen LogP contribution in [-0.2, 0) is 6.54 Å². The van der Waals surface area contributed by atoms with Gasteiger partial charge in [-0.1, -0.05) is 5.92 Å². The molecule has 0 aliphatic carbocycles. The lowest BCUT2D eigenvalue weighted by molar-refractivity contribution is 0.617. The van der Waals surface area contributed by atoms with Gasteiger partial charge in [-0.05, 0) is 13.0 Å². The molecule has 15 heavy (non-hydrogen) atoms. The van der Waals surface area contributed by atoms with Crippen LogP contribution in [0.5, 0.6) is 0 Å². The summed E-state index contributed by atoms with van der Waals surface area (Å²) in [6.45, 7) is 3.38. The second-order valence-corrected chi connectivity index (χ2v) is 3.06. The third-order valence-corrected chi connectivity index (χ3v) is 2.09. The van der Waals surface area contributed by atoms with E-state index < -0.39 is 0 Å². The monoisotopic (exact) mass is 207 g/mol. The number of rotatable bonds is 4. The zero-order chi connectivity index (χ0) is 11.3. The van der Waals surface area contributed by atoms with Gasteiger partial charge < -0.3 is 10.6 Å². The van der Waals surface area contributed by atoms with Crippen LogP contribution in [-0.4, -0.2) is 18.1 Å². The van der Waals surface area contributed by atoms with Crippen LogP contribution < -0.4 is 10.6 Å². The number of hydrogen-bond acceptors (Lipinski definition) is 3.